The molecular formula is C60H87N3O13P+. The number of aliphatic hydroxyl groups excluding tert-OH is 2. The number of esters is 1. The first-order valence-electron chi connectivity index (χ1n) is 29.0. The van der Waals surface area contributed by atoms with Crippen LogP contribution < -0.4 is 9.84 Å². The maximum Gasteiger partial charge on any atom is 0.524 e. The third-order valence-electron chi connectivity index (χ3n) is 19.1. The molecule has 2 aromatic carbocycles. The van der Waals surface area contributed by atoms with Gasteiger partial charge in [0.05, 0.1) is 45.0 Å². The molecule has 17 heteroatoms. The van der Waals surface area contributed by atoms with E-state index in [2.05, 4.69) is 50.5 Å². The van der Waals surface area contributed by atoms with Crippen molar-refractivity contribution < 1.29 is 66.9 Å². The molecule has 2 saturated heterocycles. The molecule has 16 nitrogen and oxygen atoms in total. The van der Waals surface area contributed by atoms with Gasteiger partial charge in [-0.05, 0) is 124 Å². The summed E-state index contributed by atoms with van der Waals surface area (Å²) in [6.45, 7) is 8.97. The highest BCUT2D eigenvalue weighted by Gasteiger charge is 2.76. The topological polar surface area (TPSA) is 211 Å². The van der Waals surface area contributed by atoms with Gasteiger partial charge in [0.1, 0.15) is 12.3 Å². The summed E-state index contributed by atoms with van der Waals surface area (Å²) in [5.41, 5.74) is 0.964. The van der Waals surface area contributed by atoms with Crippen molar-refractivity contribution in [3.63, 3.8) is 0 Å². The minimum absolute atomic E-state index is 0.00918. The summed E-state index contributed by atoms with van der Waals surface area (Å²) in [5.74, 6) is -0.683. The van der Waals surface area contributed by atoms with Crippen molar-refractivity contribution in [3.8, 4) is 5.75 Å². The Hall–Kier alpha value is -3.64. The van der Waals surface area contributed by atoms with Crippen LogP contribution in [0.15, 0.2) is 72.3 Å². The number of carbonyl (C=O) groups is 3. The van der Waals surface area contributed by atoms with Gasteiger partial charge in [-0.25, -0.2) is 4.57 Å². The molecule has 10 atom stereocenters. The number of benzene rings is 2. The number of unbranched alkanes of at least 4 members (excludes halogenated alkanes) is 4. The van der Waals surface area contributed by atoms with Crippen LogP contribution in [0.4, 0.5) is 0 Å². The third-order valence-corrected chi connectivity index (χ3v) is 19.6. The summed E-state index contributed by atoms with van der Waals surface area (Å²) in [4.78, 5) is 62.8. The monoisotopic (exact) mass is 1090 g/mol. The van der Waals surface area contributed by atoms with Gasteiger partial charge >= 0.3 is 13.8 Å². The molecule has 0 amide bonds. The predicted octanol–water partition coefficient (Wildman–Crippen LogP) is 7.70. The number of allylic oxidation sites excluding steroid dienone is 4. The number of hydrogen-bond donors (Lipinski definition) is 5. The van der Waals surface area contributed by atoms with Gasteiger partial charge in [0.25, 0.3) is 0 Å². The van der Waals surface area contributed by atoms with Gasteiger partial charge in [-0.15, -0.1) is 0 Å². The Kier molecular flexibility index (Phi) is 18.9. The summed E-state index contributed by atoms with van der Waals surface area (Å²) >= 11 is 0. The van der Waals surface area contributed by atoms with Crippen molar-refractivity contribution in [2.45, 2.75) is 153 Å². The normalized spacial score (nSPS) is 31.4. The smallest absolute Gasteiger partial charge is 0.457 e. The number of aryl methyl sites for hydroxylation is 1. The zero-order valence-electron chi connectivity index (χ0n) is 45.9. The molecule has 2 aromatic rings. The summed E-state index contributed by atoms with van der Waals surface area (Å²) in [6.07, 6.45) is 17.8. The number of fused-ring (bicyclic) bond motifs is 7. The highest BCUT2D eigenvalue weighted by molar-refractivity contribution is 7.46. The summed E-state index contributed by atoms with van der Waals surface area (Å²) < 4.78 is 43.4. The van der Waals surface area contributed by atoms with Crippen LogP contribution in [0.2, 0.25) is 0 Å². The van der Waals surface area contributed by atoms with Crippen LogP contribution in [0.3, 0.4) is 0 Å². The highest BCUT2D eigenvalue weighted by Crippen LogP contribution is 2.70. The van der Waals surface area contributed by atoms with E-state index in [0.29, 0.717) is 67.7 Å². The molecule has 9 rings (SSSR count). The molecule has 2 aliphatic heterocycles. The molecule has 6 fully saturated rings. The maximum atomic E-state index is 15.0. The molecule has 7 aliphatic rings. The number of ketones is 2. The van der Waals surface area contributed by atoms with Crippen molar-refractivity contribution in [2.24, 2.45) is 34.5 Å². The Morgan fingerprint density at radius 3 is 2.45 bits per heavy atom. The molecule has 5 N–H and O–H groups in total. The third kappa shape index (κ3) is 13.3. The number of carbonyl (C=O) groups excluding carboxylic acids is 3. The molecule has 2 heterocycles. The van der Waals surface area contributed by atoms with E-state index in [9.17, 15) is 34.2 Å². The second-order valence-corrected chi connectivity index (χ2v) is 25.6. The number of Topliss-reactive ketones (excluding diaryl/α,β-unsaturated/α-hetero) is 1. The highest BCUT2D eigenvalue weighted by atomic mass is 31.2. The molecule has 0 spiro atoms. The van der Waals surface area contributed by atoms with Crippen molar-refractivity contribution in [3.05, 3.63) is 89.0 Å². The van der Waals surface area contributed by atoms with Crippen LogP contribution in [0, 0.1) is 34.5 Å². The van der Waals surface area contributed by atoms with Gasteiger partial charge in [-0.3, -0.25) is 29.1 Å². The van der Waals surface area contributed by atoms with E-state index in [4.69, 9.17) is 23.5 Å². The molecule has 77 heavy (non-hydrogen) atoms. The van der Waals surface area contributed by atoms with Gasteiger partial charge in [0.15, 0.2) is 24.3 Å². The van der Waals surface area contributed by atoms with Crippen LogP contribution in [0.5, 0.6) is 5.75 Å². The second kappa shape index (κ2) is 25.0. The number of phosphoric acid groups is 1. The number of phosphoric ester groups is 1. The van der Waals surface area contributed by atoms with Gasteiger partial charge in [0, 0.05) is 61.1 Å². The van der Waals surface area contributed by atoms with E-state index in [1.54, 1.807) is 24.3 Å². The Balaban J connectivity index is 0.750. The average molecular weight is 1090 g/mol. The van der Waals surface area contributed by atoms with Gasteiger partial charge in [-0.2, -0.15) is 0 Å². The number of aliphatic hydroxyl groups is 2. The number of likely N-dealkylation sites (N-methyl/N-ethyl adjacent to an activating group) is 1. The van der Waals surface area contributed by atoms with E-state index in [1.165, 1.54) is 11.6 Å². The largest absolute Gasteiger partial charge is 0.524 e. The van der Waals surface area contributed by atoms with Crippen molar-refractivity contribution in [1.29, 1.82) is 0 Å². The van der Waals surface area contributed by atoms with Gasteiger partial charge in [0.2, 0.25) is 5.78 Å². The molecule has 0 aromatic heterocycles. The Morgan fingerprint density at radius 1 is 0.961 bits per heavy atom. The number of hydrogen-bond acceptors (Lipinski definition) is 13. The zero-order valence-corrected chi connectivity index (χ0v) is 46.8. The molecule has 424 valence electrons. The quantitative estimate of drug-likeness (QED) is 0.0279. The standard InChI is InChI=1S/C60H86N3O13P/c1-58-26-25-47(64)35-46(58)22-23-48-49-36-54-60(59(49,2)37-50(65)56(48)58,75-57(74-54)43-19-10-7-11-20-43)53(67)41-73-55(68)39-62-28-30-63(3,31-29-62)40-45-34-44(21-24-52(45)76-77(69,70)71)51(66)38-61-27-13-4-5-14-32-72-33-15-12-18-42-16-8-6-9-17-42/h6,8-9,16-17,21,24-26,34-35,43,48-51,54,56-57,61,65-66H,4-5,7,10-15,18-20,22-23,27-33,36-41H2,1-3H3,(H-,69,70,71)/p+1/t48?,49?,50?,51?,54-,56?,57-,58+,59+,60-/m1/s1. The number of nitrogens with one attached hydrogen (secondary N) is 1. The lowest BCUT2D eigenvalue weighted by Gasteiger charge is -2.59. The fourth-order valence-electron chi connectivity index (χ4n) is 15.0. The van der Waals surface area contributed by atoms with E-state index in [0.717, 1.165) is 115 Å². The van der Waals surface area contributed by atoms with E-state index in [-0.39, 0.29) is 47.5 Å². The number of nitrogens with zero attached hydrogens (tertiary/aromatic N) is 2. The maximum absolute atomic E-state index is 15.0. The Labute approximate surface area is 456 Å². The lowest BCUT2D eigenvalue weighted by atomic mass is 9.46. The molecule has 0 bridgehead atoms. The fraction of sp³-hybridized carbons (Fsp3) is 0.683. The second-order valence-electron chi connectivity index (χ2n) is 24.4. The Bertz CT molecular complexity index is 2470. The first-order valence-corrected chi connectivity index (χ1v) is 30.5. The van der Waals surface area contributed by atoms with Crippen molar-refractivity contribution in [1.82, 2.24) is 10.2 Å². The zero-order chi connectivity index (χ0) is 54.4. The molecule has 5 unspecified atom stereocenters. The number of ether oxygens (including phenoxy) is 4. The van der Waals surface area contributed by atoms with Crippen molar-refractivity contribution >= 4 is 25.4 Å². The van der Waals surface area contributed by atoms with E-state index >= 15 is 4.79 Å². The van der Waals surface area contributed by atoms with Crippen LogP contribution in [-0.4, -0.2) is 144 Å². The molecule has 4 saturated carbocycles. The lowest BCUT2D eigenvalue weighted by molar-refractivity contribution is -0.926. The first-order chi connectivity index (χ1) is 36.9. The summed E-state index contributed by atoms with van der Waals surface area (Å²) in [5, 5.41) is 26.8. The van der Waals surface area contributed by atoms with Crippen LogP contribution in [0.1, 0.15) is 133 Å². The SMILES string of the molecule is C[C@]12C=CC(=O)C=C1CCC1C2C(O)C[C@@]2(C)C1C[C@H]1O[C@@H](C3CCCCC3)O[C@]12C(=O)COC(=O)CN1CC[N+](C)(Cc2cc(C(O)CNCCCCCCOCCCCc3ccccc3)ccc2OP(=O)(O)O)CC1. The predicted molar refractivity (Wildman–Crippen MR) is 290 cm³/mol. The fourth-order valence-corrected chi connectivity index (χ4v) is 15.4. The van der Waals surface area contributed by atoms with Crippen LogP contribution in [-0.2, 0) is 50.9 Å². The average Bonchev–Trinajstić information content (AvgIpc) is 3.96. The Morgan fingerprint density at radius 2 is 1.70 bits per heavy atom. The minimum Gasteiger partial charge on any atom is -0.457 e. The van der Waals surface area contributed by atoms with Gasteiger partial charge in [-0.1, -0.05) is 94.0 Å². The van der Waals surface area contributed by atoms with E-state index in [1.807, 2.05) is 17.0 Å². The minimum atomic E-state index is -4.89. The lowest BCUT2D eigenvalue weighted by Crippen LogP contribution is -2.64. The number of piperazine rings is 1. The summed E-state index contributed by atoms with van der Waals surface area (Å²) in [6, 6.07) is 15.4. The van der Waals surface area contributed by atoms with Crippen LogP contribution in [0.25, 0.3) is 0 Å². The van der Waals surface area contributed by atoms with Crippen molar-refractivity contribution in [2.75, 3.05) is 72.7 Å². The molecule has 0 radical (unpaired) electrons. The number of rotatable bonds is 25. The molecule has 5 aliphatic carbocycles. The molecular weight excluding hydrogens is 1000 g/mol. The van der Waals surface area contributed by atoms with Crippen LogP contribution >= 0.6 is 7.82 Å². The summed E-state index contributed by atoms with van der Waals surface area (Å²) in [7, 11) is -2.84. The number of quaternary nitrogens is 1. The van der Waals surface area contributed by atoms with E-state index < -0.39 is 61.4 Å². The van der Waals surface area contributed by atoms with Gasteiger partial charge < -0.3 is 43.5 Å². The first kappa shape index (κ1) is 58.0.